The Morgan fingerprint density at radius 1 is 1.30 bits per heavy atom. The predicted molar refractivity (Wildman–Crippen MR) is 80.9 cm³/mol. The summed E-state index contributed by atoms with van der Waals surface area (Å²) in [5, 5.41) is 12.2. The highest BCUT2D eigenvalue weighted by Gasteiger charge is 2.35. The molecule has 116 valence electrons. The van der Waals surface area contributed by atoms with Crippen molar-refractivity contribution in [3.05, 3.63) is 0 Å². The fourth-order valence-corrected chi connectivity index (χ4v) is 3.91. The van der Waals surface area contributed by atoms with Gasteiger partial charge in [0.2, 0.25) is 0 Å². The molecule has 0 aromatic heterocycles. The lowest BCUT2D eigenvalue weighted by molar-refractivity contribution is -0.144. The van der Waals surface area contributed by atoms with Crippen molar-refractivity contribution in [2.45, 2.75) is 69.9 Å². The van der Waals surface area contributed by atoms with Crippen LogP contribution >= 0.6 is 0 Å². The van der Waals surface area contributed by atoms with E-state index in [1.807, 2.05) is 0 Å². The maximum Gasteiger partial charge on any atom is 0.323 e. The van der Waals surface area contributed by atoms with Gasteiger partial charge in [-0.3, -0.25) is 4.79 Å². The molecule has 1 aliphatic carbocycles. The first-order chi connectivity index (χ1) is 9.57. The van der Waals surface area contributed by atoms with Crippen LogP contribution in [0.25, 0.3) is 0 Å². The number of unbranched alkanes of at least 4 members (excludes halogenated alkanes) is 1. The maximum absolute atomic E-state index is 11.2. The minimum absolute atomic E-state index is 0.709. The van der Waals surface area contributed by atoms with Gasteiger partial charge in [0, 0.05) is 6.04 Å². The number of likely N-dealkylation sites (tertiary alicyclic amines) is 1. The molecule has 4 nitrogen and oxygen atoms in total. The summed E-state index contributed by atoms with van der Waals surface area (Å²) in [5.74, 6) is 0.207. The molecule has 0 amide bonds. The quantitative estimate of drug-likeness (QED) is 0.704. The molecule has 0 bridgehead atoms. The van der Waals surface area contributed by atoms with Crippen LogP contribution in [0.5, 0.6) is 0 Å². The Balaban J connectivity index is 1.70. The number of hydrogen-bond acceptors (Lipinski definition) is 3. The number of carboxylic acids is 1. The molecule has 2 rings (SSSR count). The van der Waals surface area contributed by atoms with Crippen LogP contribution in [0.2, 0.25) is 0 Å². The Hall–Kier alpha value is -0.610. The highest BCUT2D eigenvalue weighted by atomic mass is 16.4. The van der Waals surface area contributed by atoms with Crippen LogP contribution in [-0.2, 0) is 4.79 Å². The minimum Gasteiger partial charge on any atom is -0.480 e. The second kappa shape index (κ2) is 6.90. The number of carboxylic acid groups (broad SMARTS) is 1. The summed E-state index contributed by atoms with van der Waals surface area (Å²) in [5.41, 5.74) is -0.765. The summed E-state index contributed by atoms with van der Waals surface area (Å²) in [6.45, 7) is 4.19. The van der Waals surface area contributed by atoms with Crippen molar-refractivity contribution in [2.75, 3.05) is 20.1 Å². The van der Waals surface area contributed by atoms with Crippen LogP contribution < -0.4 is 5.32 Å². The van der Waals surface area contributed by atoms with Crippen LogP contribution in [0.1, 0.15) is 58.3 Å². The van der Waals surface area contributed by atoms with Crippen molar-refractivity contribution < 1.29 is 9.90 Å². The zero-order valence-corrected chi connectivity index (χ0v) is 13.0. The Kier molecular flexibility index (Phi) is 5.44. The Labute approximate surface area is 122 Å². The number of hydrogen-bond donors (Lipinski definition) is 2. The number of nitrogens with zero attached hydrogens (tertiary/aromatic N) is 1. The normalized spacial score (nSPS) is 29.9. The summed E-state index contributed by atoms with van der Waals surface area (Å²) >= 11 is 0. The Morgan fingerprint density at radius 3 is 2.75 bits per heavy atom. The van der Waals surface area contributed by atoms with Crippen LogP contribution in [0, 0.1) is 5.92 Å². The van der Waals surface area contributed by atoms with E-state index in [1.54, 1.807) is 14.0 Å². The first kappa shape index (κ1) is 15.8. The van der Waals surface area contributed by atoms with E-state index in [-0.39, 0.29) is 0 Å². The van der Waals surface area contributed by atoms with Crippen LogP contribution in [-0.4, -0.2) is 47.7 Å². The molecule has 3 unspecified atom stereocenters. The third kappa shape index (κ3) is 3.53. The van der Waals surface area contributed by atoms with Crippen molar-refractivity contribution in [2.24, 2.45) is 5.92 Å². The fourth-order valence-electron chi connectivity index (χ4n) is 3.91. The van der Waals surface area contributed by atoms with E-state index in [9.17, 15) is 9.90 Å². The predicted octanol–water partition coefficient (Wildman–Crippen LogP) is 2.48. The minimum atomic E-state index is -0.765. The molecule has 1 saturated carbocycles. The smallest absolute Gasteiger partial charge is 0.323 e. The van der Waals surface area contributed by atoms with Gasteiger partial charge in [0.05, 0.1) is 0 Å². The molecule has 20 heavy (non-hydrogen) atoms. The van der Waals surface area contributed by atoms with Gasteiger partial charge in [-0.15, -0.1) is 0 Å². The molecule has 3 atom stereocenters. The summed E-state index contributed by atoms with van der Waals surface area (Å²) in [6, 6.07) is 0.832. The molecule has 2 N–H and O–H groups in total. The van der Waals surface area contributed by atoms with Crippen LogP contribution in [0.15, 0.2) is 0 Å². The first-order valence-electron chi connectivity index (χ1n) is 8.23. The molecule has 2 fully saturated rings. The molecule has 1 heterocycles. The number of carbonyl (C=O) groups is 1. The highest BCUT2D eigenvalue weighted by molar-refractivity contribution is 5.78. The second-order valence-corrected chi connectivity index (χ2v) is 6.78. The van der Waals surface area contributed by atoms with Crippen molar-refractivity contribution in [3.8, 4) is 0 Å². The van der Waals surface area contributed by atoms with E-state index in [4.69, 9.17) is 0 Å². The van der Waals surface area contributed by atoms with Crippen molar-refractivity contribution in [1.29, 1.82) is 0 Å². The molecule has 0 aromatic carbocycles. The topological polar surface area (TPSA) is 52.6 Å². The van der Waals surface area contributed by atoms with Crippen molar-refractivity contribution in [3.63, 3.8) is 0 Å². The fraction of sp³-hybridized carbons (Fsp3) is 0.938. The number of aliphatic carboxylic acids is 1. The lowest BCUT2D eigenvalue weighted by Gasteiger charge is -2.32. The largest absolute Gasteiger partial charge is 0.480 e. The van der Waals surface area contributed by atoms with Gasteiger partial charge in [-0.05, 0) is 71.5 Å². The highest BCUT2D eigenvalue weighted by Crippen LogP contribution is 2.36. The molecular formula is C16H30N2O2. The Morgan fingerprint density at radius 2 is 2.05 bits per heavy atom. The van der Waals surface area contributed by atoms with Gasteiger partial charge in [-0.25, -0.2) is 0 Å². The number of fused-ring (bicyclic) bond motifs is 1. The van der Waals surface area contributed by atoms with Gasteiger partial charge >= 0.3 is 5.97 Å². The van der Waals surface area contributed by atoms with Gasteiger partial charge in [0.15, 0.2) is 0 Å². The van der Waals surface area contributed by atoms with E-state index in [2.05, 4.69) is 10.2 Å². The number of nitrogens with one attached hydrogen (secondary N) is 1. The zero-order valence-electron chi connectivity index (χ0n) is 13.0. The van der Waals surface area contributed by atoms with Crippen LogP contribution in [0.4, 0.5) is 0 Å². The molecule has 0 spiro atoms. The lowest BCUT2D eigenvalue weighted by Crippen LogP contribution is -2.47. The van der Waals surface area contributed by atoms with Gasteiger partial charge in [-0.1, -0.05) is 12.8 Å². The monoisotopic (exact) mass is 282 g/mol. The van der Waals surface area contributed by atoms with Crippen molar-refractivity contribution in [1.82, 2.24) is 10.2 Å². The number of likely N-dealkylation sites (N-methyl/N-ethyl adjacent to an activating group) is 1. The standard InChI is InChI=1S/C16H30N2O2/c1-16(17-2,15(19)20)10-5-6-11-18-12-9-13-7-3-4-8-14(13)18/h13-14,17H,3-12H2,1-2H3,(H,19,20). The maximum atomic E-state index is 11.2. The van der Waals surface area contributed by atoms with Crippen LogP contribution in [0.3, 0.4) is 0 Å². The van der Waals surface area contributed by atoms with E-state index < -0.39 is 11.5 Å². The molecule has 4 heteroatoms. The number of rotatable bonds is 7. The average Bonchev–Trinajstić information content (AvgIpc) is 2.86. The third-order valence-electron chi connectivity index (χ3n) is 5.52. The van der Waals surface area contributed by atoms with Gasteiger partial charge in [0.25, 0.3) is 0 Å². The summed E-state index contributed by atoms with van der Waals surface area (Å²) in [7, 11) is 1.74. The summed E-state index contributed by atoms with van der Waals surface area (Å²) in [6.07, 6.45) is 9.83. The van der Waals surface area contributed by atoms with Gasteiger partial charge < -0.3 is 15.3 Å². The summed E-state index contributed by atoms with van der Waals surface area (Å²) < 4.78 is 0. The molecule has 0 aromatic rings. The SMILES string of the molecule is CNC(C)(CCCCN1CCC2CCCCC21)C(=O)O. The summed E-state index contributed by atoms with van der Waals surface area (Å²) in [4.78, 5) is 13.9. The molecule has 1 aliphatic heterocycles. The van der Waals surface area contributed by atoms with Crippen molar-refractivity contribution >= 4 is 5.97 Å². The zero-order chi connectivity index (χ0) is 14.6. The molecule has 0 radical (unpaired) electrons. The first-order valence-corrected chi connectivity index (χ1v) is 8.23. The van der Waals surface area contributed by atoms with Gasteiger partial charge in [-0.2, -0.15) is 0 Å². The molecular weight excluding hydrogens is 252 g/mol. The van der Waals surface area contributed by atoms with E-state index in [0.717, 1.165) is 31.3 Å². The van der Waals surface area contributed by atoms with E-state index in [0.29, 0.717) is 6.42 Å². The average molecular weight is 282 g/mol. The molecule has 2 aliphatic rings. The van der Waals surface area contributed by atoms with E-state index in [1.165, 1.54) is 38.6 Å². The lowest BCUT2D eigenvalue weighted by atomic mass is 9.85. The third-order valence-corrected chi connectivity index (χ3v) is 5.52. The van der Waals surface area contributed by atoms with E-state index >= 15 is 0 Å². The Bertz CT molecular complexity index is 334. The second-order valence-electron chi connectivity index (χ2n) is 6.78. The molecule has 1 saturated heterocycles. The van der Waals surface area contributed by atoms with Gasteiger partial charge in [0.1, 0.15) is 5.54 Å².